The summed E-state index contributed by atoms with van der Waals surface area (Å²) in [6, 6.07) is 0.927. The summed E-state index contributed by atoms with van der Waals surface area (Å²) in [5, 5.41) is 0. The monoisotopic (exact) mass is 358 g/mol. The van der Waals surface area contributed by atoms with E-state index in [2.05, 4.69) is 9.97 Å². The van der Waals surface area contributed by atoms with E-state index in [9.17, 15) is 18.0 Å². The zero-order chi connectivity index (χ0) is 18.4. The molecule has 2 unspecified atom stereocenters. The first kappa shape index (κ1) is 17.8. The molecule has 0 bridgehead atoms. The number of methoxy groups -OCH3 is 1. The van der Waals surface area contributed by atoms with Gasteiger partial charge in [-0.25, -0.2) is 4.98 Å². The number of carbonyl (C=O) groups excluding carboxylic acids is 1. The van der Waals surface area contributed by atoms with Crippen molar-refractivity contribution in [1.29, 1.82) is 0 Å². The van der Waals surface area contributed by atoms with Gasteiger partial charge in [0.15, 0.2) is 5.69 Å². The highest BCUT2D eigenvalue weighted by Crippen LogP contribution is 2.50. The normalized spacial score (nSPS) is 25.8. The smallest absolute Gasteiger partial charge is 0.433 e. The van der Waals surface area contributed by atoms with Gasteiger partial charge in [0.2, 0.25) is 5.95 Å². The van der Waals surface area contributed by atoms with Crippen molar-refractivity contribution in [3.63, 3.8) is 0 Å². The van der Waals surface area contributed by atoms with Crippen LogP contribution in [0.3, 0.4) is 0 Å². The van der Waals surface area contributed by atoms with Crippen molar-refractivity contribution in [1.82, 2.24) is 9.97 Å². The van der Waals surface area contributed by atoms with Crippen LogP contribution in [-0.4, -0.2) is 50.2 Å². The summed E-state index contributed by atoms with van der Waals surface area (Å²) in [5.74, 6) is -0.0455. The number of carbonyl (C=O) groups is 1. The van der Waals surface area contributed by atoms with Gasteiger partial charge < -0.3 is 14.5 Å². The third-order valence-electron chi connectivity index (χ3n) is 5.19. The summed E-state index contributed by atoms with van der Waals surface area (Å²) in [6.07, 6.45) is -2.11. The standard InChI is InChI=1S/C16H21F3N4O2/c1-22(2)12-7-11(16(17,18)19)20-14(21-12)23-8-10-5-4-6-15(10,9-23)13(24)25-3/h7,10H,4-6,8-9H2,1-3H3. The fourth-order valence-electron chi connectivity index (χ4n) is 3.92. The Balaban J connectivity index is 1.97. The van der Waals surface area contributed by atoms with Crippen molar-refractivity contribution in [2.24, 2.45) is 11.3 Å². The first-order valence-electron chi connectivity index (χ1n) is 8.14. The lowest BCUT2D eigenvalue weighted by Crippen LogP contribution is -2.37. The zero-order valence-electron chi connectivity index (χ0n) is 14.4. The molecule has 1 saturated carbocycles. The number of esters is 1. The van der Waals surface area contributed by atoms with Crippen molar-refractivity contribution >= 4 is 17.7 Å². The van der Waals surface area contributed by atoms with Gasteiger partial charge in [0.25, 0.3) is 0 Å². The maximum atomic E-state index is 13.2. The molecular formula is C16H21F3N4O2. The SMILES string of the molecule is COC(=O)C12CCCC1CN(c1nc(N(C)C)cc(C(F)(F)F)n1)C2. The Bertz CT molecular complexity index is 680. The van der Waals surface area contributed by atoms with E-state index in [1.54, 1.807) is 19.0 Å². The molecule has 3 rings (SSSR count). The zero-order valence-corrected chi connectivity index (χ0v) is 14.4. The van der Waals surface area contributed by atoms with E-state index in [0.29, 0.717) is 19.5 Å². The highest BCUT2D eigenvalue weighted by Gasteiger charge is 2.56. The number of hydrogen-bond acceptors (Lipinski definition) is 6. The van der Waals surface area contributed by atoms with Crippen LogP contribution in [0.15, 0.2) is 6.07 Å². The maximum absolute atomic E-state index is 13.2. The van der Waals surface area contributed by atoms with Gasteiger partial charge in [-0.1, -0.05) is 6.42 Å². The number of aromatic nitrogens is 2. The minimum atomic E-state index is -4.56. The van der Waals surface area contributed by atoms with E-state index in [0.717, 1.165) is 18.9 Å². The van der Waals surface area contributed by atoms with E-state index in [-0.39, 0.29) is 23.7 Å². The summed E-state index contributed by atoms with van der Waals surface area (Å²) in [5.41, 5.74) is -1.64. The van der Waals surface area contributed by atoms with E-state index >= 15 is 0 Å². The lowest BCUT2D eigenvalue weighted by molar-refractivity contribution is -0.153. The number of fused-ring (bicyclic) bond motifs is 1. The molecule has 2 fully saturated rings. The van der Waals surface area contributed by atoms with E-state index in [1.807, 2.05) is 0 Å². The summed E-state index contributed by atoms with van der Waals surface area (Å²) >= 11 is 0. The van der Waals surface area contributed by atoms with Gasteiger partial charge >= 0.3 is 12.1 Å². The molecule has 9 heteroatoms. The fourth-order valence-corrected chi connectivity index (χ4v) is 3.92. The molecule has 1 aromatic rings. The third-order valence-corrected chi connectivity index (χ3v) is 5.19. The van der Waals surface area contributed by atoms with Crippen LogP contribution in [0.5, 0.6) is 0 Å². The molecule has 25 heavy (non-hydrogen) atoms. The molecule has 0 N–H and O–H groups in total. The summed E-state index contributed by atoms with van der Waals surface area (Å²) < 4.78 is 44.5. The number of halogens is 3. The molecule has 0 spiro atoms. The topological polar surface area (TPSA) is 58.6 Å². The van der Waals surface area contributed by atoms with Gasteiger partial charge in [-0.2, -0.15) is 18.2 Å². The van der Waals surface area contributed by atoms with Crippen LogP contribution in [0.25, 0.3) is 0 Å². The van der Waals surface area contributed by atoms with Gasteiger partial charge in [0, 0.05) is 33.3 Å². The minimum absolute atomic E-state index is 0.0104. The van der Waals surface area contributed by atoms with Crippen LogP contribution in [0.2, 0.25) is 0 Å². The quantitative estimate of drug-likeness (QED) is 0.773. The van der Waals surface area contributed by atoms with Gasteiger partial charge in [-0.05, 0) is 18.8 Å². The van der Waals surface area contributed by atoms with Crippen LogP contribution in [0.1, 0.15) is 25.0 Å². The second-order valence-electron chi connectivity index (χ2n) is 6.92. The molecular weight excluding hydrogens is 337 g/mol. The van der Waals surface area contributed by atoms with Gasteiger partial charge in [-0.3, -0.25) is 4.79 Å². The lowest BCUT2D eigenvalue weighted by atomic mass is 9.81. The fraction of sp³-hybridized carbons (Fsp3) is 0.688. The minimum Gasteiger partial charge on any atom is -0.469 e. The molecule has 0 aromatic carbocycles. The van der Waals surface area contributed by atoms with E-state index in [4.69, 9.17) is 4.74 Å². The Morgan fingerprint density at radius 2 is 2.12 bits per heavy atom. The largest absolute Gasteiger partial charge is 0.469 e. The Morgan fingerprint density at radius 3 is 2.72 bits per heavy atom. The van der Waals surface area contributed by atoms with Crippen molar-refractivity contribution in [2.75, 3.05) is 44.1 Å². The number of ether oxygens (including phenoxy) is 1. The second-order valence-corrected chi connectivity index (χ2v) is 6.92. The van der Waals surface area contributed by atoms with Crippen molar-refractivity contribution in [3.8, 4) is 0 Å². The number of alkyl halides is 3. The van der Waals surface area contributed by atoms with Crippen LogP contribution in [0, 0.1) is 11.3 Å². The Labute approximate surface area is 144 Å². The predicted octanol–water partition coefficient (Wildman–Crippen LogP) is 2.34. The average Bonchev–Trinajstić information content (AvgIpc) is 3.10. The number of rotatable bonds is 3. The van der Waals surface area contributed by atoms with Gasteiger partial charge in [0.1, 0.15) is 5.82 Å². The highest BCUT2D eigenvalue weighted by molar-refractivity contribution is 5.79. The number of nitrogens with zero attached hydrogens (tertiary/aromatic N) is 4. The van der Waals surface area contributed by atoms with Crippen molar-refractivity contribution in [2.45, 2.75) is 25.4 Å². The Kier molecular flexibility index (Phi) is 4.28. The third kappa shape index (κ3) is 3.00. The molecule has 2 atom stereocenters. The van der Waals surface area contributed by atoms with Crippen LogP contribution in [-0.2, 0) is 15.7 Å². The van der Waals surface area contributed by atoms with Gasteiger partial charge in [-0.15, -0.1) is 0 Å². The Morgan fingerprint density at radius 1 is 1.40 bits per heavy atom. The molecule has 0 amide bonds. The molecule has 0 radical (unpaired) electrons. The van der Waals surface area contributed by atoms with Crippen LogP contribution in [0.4, 0.5) is 24.9 Å². The summed E-state index contributed by atoms with van der Waals surface area (Å²) in [6.45, 7) is 0.752. The summed E-state index contributed by atoms with van der Waals surface area (Å²) in [4.78, 5) is 23.5. The van der Waals surface area contributed by atoms with E-state index in [1.165, 1.54) is 12.0 Å². The van der Waals surface area contributed by atoms with E-state index < -0.39 is 17.3 Å². The van der Waals surface area contributed by atoms with Crippen molar-refractivity contribution in [3.05, 3.63) is 11.8 Å². The number of hydrogen-bond donors (Lipinski definition) is 0. The van der Waals surface area contributed by atoms with Crippen LogP contribution < -0.4 is 9.80 Å². The first-order chi connectivity index (χ1) is 11.7. The molecule has 1 aliphatic carbocycles. The average molecular weight is 358 g/mol. The Hall–Kier alpha value is -2.06. The molecule has 2 aliphatic rings. The summed E-state index contributed by atoms with van der Waals surface area (Å²) in [7, 11) is 4.60. The molecule has 1 saturated heterocycles. The first-order valence-corrected chi connectivity index (χ1v) is 8.14. The van der Waals surface area contributed by atoms with Crippen molar-refractivity contribution < 1.29 is 22.7 Å². The highest BCUT2D eigenvalue weighted by atomic mass is 19.4. The predicted molar refractivity (Wildman–Crippen MR) is 85.4 cm³/mol. The van der Waals surface area contributed by atoms with Gasteiger partial charge in [0.05, 0.1) is 12.5 Å². The molecule has 1 aliphatic heterocycles. The van der Waals surface area contributed by atoms with Crippen LogP contribution >= 0.6 is 0 Å². The molecule has 2 heterocycles. The number of anilines is 2. The molecule has 138 valence electrons. The maximum Gasteiger partial charge on any atom is 0.433 e. The second kappa shape index (κ2) is 6.03. The lowest BCUT2D eigenvalue weighted by Gasteiger charge is -2.25. The molecule has 6 nitrogen and oxygen atoms in total. The molecule has 1 aromatic heterocycles.